The van der Waals surface area contributed by atoms with Crippen molar-refractivity contribution in [2.24, 2.45) is 0 Å². The Morgan fingerprint density at radius 1 is 1.02 bits per heavy atom. The highest BCUT2D eigenvalue weighted by atomic mass is 16.8. The van der Waals surface area contributed by atoms with Gasteiger partial charge >= 0.3 is 12.0 Å². The van der Waals surface area contributed by atoms with E-state index in [9.17, 15) is 14.7 Å². The van der Waals surface area contributed by atoms with Gasteiger partial charge in [0.05, 0.1) is 6.33 Å². The van der Waals surface area contributed by atoms with E-state index in [1.54, 1.807) is 11.5 Å². The number of hydrogen-bond acceptors (Lipinski definition) is 10. The molecule has 0 radical (unpaired) electrons. The number of amides is 2. The fourth-order valence-corrected chi connectivity index (χ4v) is 4.73. The standard InChI is InChI=1S/C26H25N7O7/c1-2-27-26(36)32-20-17-21(30-12-29-20)33(13-31-17)23-19-18(39-25(40-19)14-7-4-3-5-8-14)16(38-23)11-37-22-15(24(34)35)9-6-10-28-22/h3-10,12-13,16,18-19,23,25H,2,11H2,1H3,(H,34,35)(H2,27,29,30,32,36)/t16?,18?,19?,23?,25-/m0/s1. The summed E-state index contributed by atoms with van der Waals surface area (Å²) in [5, 5.41) is 14.8. The predicted molar refractivity (Wildman–Crippen MR) is 138 cm³/mol. The number of carbonyl (C=O) groups is 2. The van der Waals surface area contributed by atoms with Crippen LogP contribution in [0.15, 0.2) is 61.3 Å². The van der Waals surface area contributed by atoms with Gasteiger partial charge in [0.15, 0.2) is 29.5 Å². The van der Waals surface area contributed by atoms with Gasteiger partial charge in [0.2, 0.25) is 5.88 Å². The average molecular weight is 548 g/mol. The zero-order valence-electron chi connectivity index (χ0n) is 21.2. The highest BCUT2D eigenvalue weighted by Crippen LogP contribution is 2.45. The number of carbonyl (C=O) groups excluding carboxylic acids is 1. The first-order valence-corrected chi connectivity index (χ1v) is 12.6. The van der Waals surface area contributed by atoms with E-state index in [4.69, 9.17) is 18.9 Å². The molecule has 40 heavy (non-hydrogen) atoms. The first-order valence-electron chi connectivity index (χ1n) is 12.6. The molecule has 0 bridgehead atoms. The zero-order valence-corrected chi connectivity index (χ0v) is 21.2. The minimum atomic E-state index is -1.16. The van der Waals surface area contributed by atoms with Gasteiger partial charge in [-0.1, -0.05) is 30.3 Å². The summed E-state index contributed by atoms with van der Waals surface area (Å²) in [7, 11) is 0. The largest absolute Gasteiger partial charge is 0.477 e. The summed E-state index contributed by atoms with van der Waals surface area (Å²) in [5.74, 6) is -0.942. The van der Waals surface area contributed by atoms with Gasteiger partial charge in [0.1, 0.15) is 36.8 Å². The van der Waals surface area contributed by atoms with Gasteiger partial charge in [-0.3, -0.25) is 9.88 Å². The van der Waals surface area contributed by atoms with Crippen molar-refractivity contribution in [3.8, 4) is 5.88 Å². The molecule has 1 aromatic carbocycles. The summed E-state index contributed by atoms with van der Waals surface area (Å²) in [6.07, 6.45) is 1.11. The Labute approximate surface area is 227 Å². The minimum absolute atomic E-state index is 0.0287. The molecule has 2 fully saturated rings. The molecule has 206 valence electrons. The van der Waals surface area contributed by atoms with Crippen LogP contribution in [0.3, 0.4) is 0 Å². The second-order valence-electron chi connectivity index (χ2n) is 9.01. The van der Waals surface area contributed by atoms with Crippen LogP contribution in [-0.2, 0) is 14.2 Å². The maximum absolute atomic E-state index is 12.1. The summed E-state index contributed by atoms with van der Waals surface area (Å²) in [6.45, 7) is 2.20. The second-order valence-corrected chi connectivity index (χ2v) is 9.01. The number of anilines is 1. The van der Waals surface area contributed by atoms with Crippen LogP contribution < -0.4 is 15.4 Å². The molecule has 2 aliphatic rings. The van der Waals surface area contributed by atoms with Crippen molar-refractivity contribution in [3.05, 3.63) is 72.4 Å². The van der Waals surface area contributed by atoms with E-state index in [1.807, 2.05) is 30.3 Å². The smallest absolute Gasteiger partial charge is 0.341 e. The molecule has 5 heterocycles. The van der Waals surface area contributed by atoms with E-state index in [-0.39, 0.29) is 23.9 Å². The number of pyridine rings is 1. The van der Waals surface area contributed by atoms with Crippen molar-refractivity contribution in [2.45, 2.75) is 37.8 Å². The van der Waals surface area contributed by atoms with Crippen molar-refractivity contribution in [3.63, 3.8) is 0 Å². The van der Waals surface area contributed by atoms with Gasteiger partial charge in [0.25, 0.3) is 0 Å². The van der Waals surface area contributed by atoms with Crippen LogP contribution in [0, 0.1) is 0 Å². The number of fused-ring (bicyclic) bond motifs is 2. The van der Waals surface area contributed by atoms with E-state index in [0.717, 1.165) is 5.56 Å². The number of nitrogens with one attached hydrogen (secondary N) is 2. The molecular formula is C26H25N7O7. The number of aromatic nitrogens is 5. The number of imidazole rings is 1. The summed E-state index contributed by atoms with van der Waals surface area (Å²) >= 11 is 0. The third-order valence-electron chi connectivity index (χ3n) is 6.51. The topological polar surface area (TPSA) is 172 Å². The third-order valence-corrected chi connectivity index (χ3v) is 6.51. The first kappa shape index (κ1) is 25.6. The number of urea groups is 1. The van der Waals surface area contributed by atoms with Crippen molar-refractivity contribution in [2.75, 3.05) is 18.5 Å². The summed E-state index contributed by atoms with van der Waals surface area (Å²) in [5.41, 5.74) is 1.55. The van der Waals surface area contributed by atoms with Gasteiger partial charge in [-0.05, 0) is 19.1 Å². The van der Waals surface area contributed by atoms with E-state index < -0.39 is 42.8 Å². The molecular weight excluding hydrogens is 522 g/mol. The lowest BCUT2D eigenvalue weighted by molar-refractivity contribution is -0.152. The molecule has 4 aromatic rings. The number of carboxylic acid groups (broad SMARTS) is 1. The molecule has 14 nitrogen and oxygen atoms in total. The monoisotopic (exact) mass is 547 g/mol. The predicted octanol–water partition coefficient (Wildman–Crippen LogP) is 2.52. The highest BCUT2D eigenvalue weighted by Gasteiger charge is 2.54. The number of carboxylic acids is 1. The summed E-state index contributed by atoms with van der Waals surface area (Å²) < 4.78 is 26.5. The lowest BCUT2D eigenvalue weighted by Gasteiger charge is -2.21. The zero-order chi connectivity index (χ0) is 27.6. The SMILES string of the molecule is CCNC(=O)Nc1ncnc2c1ncn2C1OC(COc2ncccc2C(=O)O)C2O[C@H](c3ccccc3)OC21. The van der Waals surface area contributed by atoms with Crippen LogP contribution in [0.2, 0.25) is 0 Å². The minimum Gasteiger partial charge on any atom is -0.477 e. The van der Waals surface area contributed by atoms with Gasteiger partial charge in [-0.2, -0.15) is 0 Å². The Morgan fingerprint density at radius 2 is 1.85 bits per heavy atom. The van der Waals surface area contributed by atoms with Crippen molar-refractivity contribution in [1.82, 2.24) is 29.8 Å². The third kappa shape index (κ3) is 4.79. The number of ether oxygens (including phenoxy) is 4. The first-order chi connectivity index (χ1) is 19.5. The van der Waals surface area contributed by atoms with Crippen LogP contribution in [0.5, 0.6) is 5.88 Å². The Bertz CT molecular complexity index is 1530. The van der Waals surface area contributed by atoms with Crippen LogP contribution in [0.1, 0.15) is 35.4 Å². The van der Waals surface area contributed by atoms with Crippen molar-refractivity contribution in [1.29, 1.82) is 0 Å². The van der Waals surface area contributed by atoms with E-state index in [2.05, 4.69) is 30.6 Å². The van der Waals surface area contributed by atoms with E-state index >= 15 is 0 Å². The Morgan fingerprint density at radius 3 is 2.65 bits per heavy atom. The van der Waals surface area contributed by atoms with Crippen LogP contribution in [-0.4, -0.2) is 73.1 Å². The van der Waals surface area contributed by atoms with Crippen LogP contribution in [0.25, 0.3) is 11.2 Å². The molecule has 0 spiro atoms. The maximum atomic E-state index is 12.1. The molecule has 4 unspecified atom stereocenters. The Hall–Kier alpha value is -4.66. The Kier molecular flexibility index (Phi) is 6.94. The molecule has 14 heteroatoms. The fraction of sp³-hybridized carbons (Fsp3) is 0.308. The lowest BCUT2D eigenvalue weighted by Crippen LogP contribution is -2.33. The van der Waals surface area contributed by atoms with Crippen LogP contribution in [0.4, 0.5) is 10.6 Å². The normalized spacial score (nSPS) is 23.6. The molecule has 0 saturated carbocycles. The number of aromatic carboxylic acids is 1. The molecule has 6 rings (SSSR count). The number of nitrogens with zero attached hydrogens (tertiary/aromatic N) is 5. The quantitative estimate of drug-likeness (QED) is 0.296. The number of benzene rings is 1. The summed E-state index contributed by atoms with van der Waals surface area (Å²) in [4.78, 5) is 40.7. The second kappa shape index (κ2) is 10.8. The maximum Gasteiger partial charge on any atom is 0.341 e. The van der Waals surface area contributed by atoms with Gasteiger partial charge < -0.3 is 29.4 Å². The summed E-state index contributed by atoms with van der Waals surface area (Å²) in [6, 6.07) is 12.0. The molecule has 3 N–H and O–H groups in total. The molecule has 5 atom stereocenters. The van der Waals surface area contributed by atoms with Crippen molar-refractivity contribution >= 4 is 29.0 Å². The number of rotatable bonds is 8. The lowest BCUT2D eigenvalue weighted by atomic mass is 10.1. The van der Waals surface area contributed by atoms with E-state index in [1.165, 1.54) is 31.0 Å². The molecule has 2 saturated heterocycles. The highest BCUT2D eigenvalue weighted by molar-refractivity contribution is 5.95. The van der Waals surface area contributed by atoms with E-state index in [0.29, 0.717) is 17.7 Å². The molecule has 3 aromatic heterocycles. The van der Waals surface area contributed by atoms with Crippen LogP contribution >= 0.6 is 0 Å². The fourth-order valence-electron chi connectivity index (χ4n) is 4.73. The molecule has 2 aliphatic heterocycles. The molecule has 2 amide bonds. The van der Waals surface area contributed by atoms with Gasteiger partial charge in [-0.15, -0.1) is 0 Å². The van der Waals surface area contributed by atoms with Gasteiger partial charge in [-0.25, -0.2) is 29.5 Å². The van der Waals surface area contributed by atoms with Crippen molar-refractivity contribution < 1.29 is 33.6 Å². The Balaban J connectivity index is 1.30. The van der Waals surface area contributed by atoms with Gasteiger partial charge in [0, 0.05) is 18.3 Å². The molecule has 0 aliphatic carbocycles. The average Bonchev–Trinajstić information content (AvgIpc) is 3.67. The number of hydrogen-bond donors (Lipinski definition) is 3.